The molecule has 0 bridgehead atoms. The number of carbonyl (C=O) groups excluding carboxylic acids is 1. The summed E-state index contributed by atoms with van der Waals surface area (Å²) in [6.45, 7) is 0. The number of nitrogens with zero attached hydrogens (tertiary/aromatic N) is 2. The van der Waals surface area contributed by atoms with E-state index in [0.29, 0.717) is 4.47 Å². The Labute approximate surface area is 202 Å². The maximum atomic E-state index is 15.4. The summed E-state index contributed by atoms with van der Waals surface area (Å²) in [6, 6.07) is 4.40. The van der Waals surface area contributed by atoms with Gasteiger partial charge in [-0.3, -0.25) is 9.63 Å². The summed E-state index contributed by atoms with van der Waals surface area (Å²) in [7, 11) is 28.9. The second kappa shape index (κ2) is 8.81. The minimum absolute atomic E-state index is 0.0236. The Kier molecular flexibility index (Phi) is 6.82. The van der Waals surface area contributed by atoms with E-state index >= 15 is 4.39 Å². The average molecular weight is 507 g/mol. The van der Waals surface area contributed by atoms with E-state index in [1.807, 2.05) is 5.48 Å². The Balaban J connectivity index is 2.09. The number of hydrogen-bond acceptors (Lipinski definition) is 5. The number of halogens is 3. The normalized spacial score (nSPS) is 12.2. The fraction of sp³-hybridized carbons (Fsp3) is 0.176. The van der Waals surface area contributed by atoms with Crippen LogP contribution in [0.2, 0.25) is 5.02 Å². The molecule has 1 heterocycles. The van der Waals surface area contributed by atoms with Crippen molar-refractivity contribution < 1.29 is 19.1 Å². The van der Waals surface area contributed by atoms with E-state index in [4.69, 9.17) is 55.7 Å². The highest BCUT2D eigenvalue weighted by Gasteiger charge is 2.35. The number of hydrogen-bond donors (Lipinski definition) is 3. The highest BCUT2D eigenvalue weighted by Crippen LogP contribution is 2.33. The highest BCUT2D eigenvalue weighted by molar-refractivity contribution is 9.10. The van der Waals surface area contributed by atoms with Crippen molar-refractivity contribution in [3.05, 3.63) is 45.4 Å². The van der Waals surface area contributed by atoms with Crippen molar-refractivity contribution in [3.8, 4) is 0 Å². The zero-order valence-electron chi connectivity index (χ0n) is 16.5. The van der Waals surface area contributed by atoms with Crippen LogP contribution >= 0.6 is 27.5 Å². The molecule has 1 amide bonds. The molecule has 0 fully saturated rings. The number of aryl methyl sites for hydroxylation is 1. The second-order valence-corrected chi connectivity index (χ2v) is 8.29. The van der Waals surface area contributed by atoms with Crippen molar-refractivity contribution in [1.29, 1.82) is 0 Å². The van der Waals surface area contributed by atoms with Crippen LogP contribution in [0.4, 0.5) is 15.8 Å². The molecule has 2 aromatic carbocycles. The lowest BCUT2D eigenvalue weighted by atomic mass is 9.42. The topological polar surface area (TPSA) is 88.4 Å². The van der Waals surface area contributed by atoms with Gasteiger partial charge in [0.05, 0.1) is 33.8 Å². The predicted octanol–water partition coefficient (Wildman–Crippen LogP) is 0.301. The first kappa shape index (κ1) is 24.8. The van der Waals surface area contributed by atoms with Gasteiger partial charge in [-0.15, -0.1) is 0 Å². The van der Waals surface area contributed by atoms with Crippen LogP contribution in [-0.4, -0.2) is 70.6 Å². The number of aromatic nitrogens is 2. The Morgan fingerprint density at radius 1 is 1.28 bits per heavy atom. The zero-order chi connectivity index (χ0) is 24.0. The van der Waals surface area contributed by atoms with Crippen LogP contribution in [0.25, 0.3) is 11.0 Å². The smallest absolute Gasteiger partial charge is 0.277 e. The summed E-state index contributed by atoms with van der Waals surface area (Å²) in [5.41, 5.74) is 1.90. The van der Waals surface area contributed by atoms with Crippen molar-refractivity contribution in [2.24, 2.45) is 7.05 Å². The predicted molar refractivity (Wildman–Crippen MR) is 128 cm³/mol. The van der Waals surface area contributed by atoms with E-state index in [1.165, 1.54) is 29.1 Å². The Hall–Kier alpha value is -1.88. The van der Waals surface area contributed by atoms with Gasteiger partial charge in [0.2, 0.25) is 0 Å². The summed E-state index contributed by atoms with van der Waals surface area (Å²) in [5.74, 6) is -1.88. The number of rotatable bonds is 6. The summed E-state index contributed by atoms with van der Waals surface area (Å²) in [4.78, 5) is 21.6. The molecule has 1 aromatic heterocycles. The van der Waals surface area contributed by atoms with Gasteiger partial charge in [-0.05, 0) is 12.1 Å². The number of benzene rings is 2. The number of imidazole rings is 1. The fourth-order valence-electron chi connectivity index (χ4n) is 2.64. The third-order valence-electron chi connectivity index (χ3n) is 4.48. The van der Waals surface area contributed by atoms with Gasteiger partial charge in [0.1, 0.15) is 44.7 Å². The van der Waals surface area contributed by atoms with Crippen molar-refractivity contribution in [3.63, 3.8) is 0 Å². The summed E-state index contributed by atoms with van der Waals surface area (Å²) in [6.07, 6.45) is 1.37. The van der Waals surface area contributed by atoms with Gasteiger partial charge in [-0.25, -0.2) is 14.9 Å². The van der Waals surface area contributed by atoms with Crippen LogP contribution in [0.5, 0.6) is 0 Å². The SMILES string of the molecule is [B]c1cc(Br)cc(Cl)c1Nc1c(C(=O)NOC([B])([B])C([B])([B])O)cc2c(ncn2C)c1F. The number of anilines is 2. The number of amides is 1. The summed E-state index contributed by atoms with van der Waals surface area (Å²) < 4.78 is 17.5. The molecule has 0 aliphatic heterocycles. The number of carbonyl (C=O) groups is 1. The lowest BCUT2D eigenvalue weighted by molar-refractivity contribution is -0.0488. The fourth-order valence-corrected chi connectivity index (χ4v) is 3.52. The van der Waals surface area contributed by atoms with Gasteiger partial charge in [0.25, 0.3) is 5.91 Å². The number of aliphatic hydroxyl groups is 1. The van der Waals surface area contributed by atoms with Crippen molar-refractivity contribution in [2.75, 3.05) is 5.32 Å². The number of fused-ring (bicyclic) bond motifs is 1. The first-order valence-electron chi connectivity index (χ1n) is 8.74. The van der Waals surface area contributed by atoms with E-state index in [0.717, 1.165) is 0 Å². The van der Waals surface area contributed by atoms with Crippen LogP contribution in [0.3, 0.4) is 0 Å². The molecule has 152 valence electrons. The Bertz CT molecular complexity index is 1200. The summed E-state index contributed by atoms with van der Waals surface area (Å²) in [5, 5.41) is 7.17. The minimum Gasteiger partial charge on any atom is -0.408 e. The minimum atomic E-state index is -2.71. The van der Waals surface area contributed by atoms with E-state index in [-0.39, 0.29) is 38.5 Å². The van der Waals surface area contributed by atoms with Gasteiger partial charge < -0.3 is 15.0 Å². The Morgan fingerprint density at radius 2 is 1.94 bits per heavy atom. The van der Waals surface area contributed by atoms with Gasteiger partial charge in [-0.2, -0.15) is 0 Å². The molecule has 0 spiro atoms. The van der Waals surface area contributed by atoms with Crippen LogP contribution < -0.4 is 16.3 Å². The molecule has 0 saturated heterocycles. The number of hydroxylamine groups is 1. The number of nitrogens with one attached hydrogen (secondary N) is 2. The Morgan fingerprint density at radius 3 is 2.53 bits per heavy atom. The van der Waals surface area contributed by atoms with Gasteiger partial charge >= 0.3 is 0 Å². The van der Waals surface area contributed by atoms with Crippen molar-refractivity contribution in [1.82, 2.24) is 15.0 Å². The van der Waals surface area contributed by atoms with Crippen molar-refractivity contribution in [2.45, 2.75) is 10.8 Å². The molecule has 15 heteroatoms. The lowest BCUT2D eigenvalue weighted by Crippen LogP contribution is -2.60. The summed E-state index contributed by atoms with van der Waals surface area (Å²) >= 11 is 9.48. The monoisotopic (exact) mass is 506 g/mol. The molecule has 10 radical (unpaired) electrons. The lowest BCUT2D eigenvalue weighted by Gasteiger charge is -2.38. The molecule has 0 aliphatic rings. The van der Waals surface area contributed by atoms with E-state index in [1.54, 1.807) is 7.05 Å². The van der Waals surface area contributed by atoms with Crippen LogP contribution in [0.1, 0.15) is 10.4 Å². The largest absolute Gasteiger partial charge is 0.408 e. The van der Waals surface area contributed by atoms with Crippen LogP contribution in [0, 0.1) is 5.82 Å². The highest BCUT2D eigenvalue weighted by atomic mass is 79.9. The second-order valence-electron chi connectivity index (χ2n) is 6.96. The molecule has 3 N–H and O–H groups in total. The van der Waals surface area contributed by atoms with E-state index < -0.39 is 22.5 Å². The standard InChI is InChI=1S/C17H10B5BrClFN4O3/c1-29-5-26-14-10(29)4-7(15(30)28-32-17(21,22)16(19,20)31)12(11(14)25)27-13-8(18)2-6(23)3-9(13)24/h2-5,27,31H,1H3,(H,28,30). The van der Waals surface area contributed by atoms with Gasteiger partial charge in [0, 0.05) is 22.3 Å². The van der Waals surface area contributed by atoms with E-state index in [9.17, 15) is 9.90 Å². The van der Waals surface area contributed by atoms with Crippen LogP contribution in [0.15, 0.2) is 29.0 Å². The van der Waals surface area contributed by atoms with E-state index in [2.05, 4.69) is 26.2 Å². The molecule has 0 saturated carbocycles. The third-order valence-corrected chi connectivity index (χ3v) is 5.24. The third kappa shape index (κ3) is 4.73. The maximum absolute atomic E-state index is 15.4. The molecule has 0 aliphatic carbocycles. The maximum Gasteiger partial charge on any atom is 0.277 e. The average Bonchev–Trinajstić information content (AvgIpc) is 3.04. The first-order valence-corrected chi connectivity index (χ1v) is 9.91. The van der Waals surface area contributed by atoms with Gasteiger partial charge in [-0.1, -0.05) is 39.1 Å². The van der Waals surface area contributed by atoms with Crippen LogP contribution in [-0.2, 0) is 11.9 Å². The molecule has 0 atom stereocenters. The first-order chi connectivity index (χ1) is 14.7. The quantitative estimate of drug-likeness (QED) is 0.331. The molecule has 0 unspecified atom stereocenters. The molecule has 3 aromatic rings. The van der Waals surface area contributed by atoms with Crippen molar-refractivity contribution >= 4 is 101 Å². The molecular weight excluding hydrogens is 497 g/mol. The zero-order valence-corrected chi connectivity index (χ0v) is 18.8. The molecular formula is C17H10B5BrClFN4O3. The molecule has 7 nitrogen and oxygen atoms in total. The molecule has 3 rings (SSSR count). The molecule has 32 heavy (non-hydrogen) atoms. The van der Waals surface area contributed by atoms with Gasteiger partial charge in [0.15, 0.2) is 5.82 Å².